The van der Waals surface area contributed by atoms with Gasteiger partial charge in [-0.25, -0.2) is 0 Å². The number of aromatic nitrogens is 1. The Hall–Kier alpha value is -1.70. The van der Waals surface area contributed by atoms with Gasteiger partial charge in [0.25, 0.3) is 5.91 Å². The van der Waals surface area contributed by atoms with Crippen molar-refractivity contribution < 1.29 is 19.5 Å². The van der Waals surface area contributed by atoms with Crippen molar-refractivity contribution in [1.82, 2.24) is 10.5 Å². The van der Waals surface area contributed by atoms with Crippen LogP contribution in [0.2, 0.25) is 0 Å². The van der Waals surface area contributed by atoms with Crippen molar-refractivity contribution in [3.05, 3.63) is 29.3 Å². The zero-order valence-corrected chi connectivity index (χ0v) is 11.8. The second-order valence-electron chi connectivity index (χ2n) is 4.46. The zero-order valence-electron chi connectivity index (χ0n) is 11.0. The number of carbonyl (C=O) groups is 1. The van der Waals surface area contributed by atoms with Gasteiger partial charge in [-0.1, -0.05) is 18.1 Å². The maximum Gasteiger partial charge on any atom is 0.274 e. The normalized spacial score (nSPS) is 11.6. The van der Waals surface area contributed by atoms with Crippen LogP contribution in [0.15, 0.2) is 28.1 Å². The minimum Gasteiger partial charge on any atom is -0.394 e. The smallest absolute Gasteiger partial charge is 0.274 e. The van der Waals surface area contributed by atoms with Crippen LogP contribution in [0.1, 0.15) is 23.8 Å². The molecule has 0 aliphatic heterocycles. The Labute approximate surface area is 120 Å². The van der Waals surface area contributed by atoms with Crippen LogP contribution < -0.4 is 5.32 Å². The number of nitrogens with one attached hydrogen (secondary N) is 1. The van der Waals surface area contributed by atoms with Crippen molar-refractivity contribution in [2.75, 3.05) is 13.2 Å². The highest BCUT2D eigenvalue weighted by molar-refractivity contribution is 7.13. The molecule has 20 heavy (non-hydrogen) atoms. The molecule has 3 N–H and O–H groups in total. The minimum absolute atomic E-state index is 0.119. The largest absolute Gasteiger partial charge is 0.394 e. The lowest BCUT2D eigenvalue weighted by molar-refractivity contribution is 0.0646. The number of aliphatic hydroxyl groups excluding tert-OH is 2. The Kier molecular flexibility index (Phi) is 4.53. The number of aliphatic hydroxyl groups is 2. The van der Waals surface area contributed by atoms with E-state index in [0.717, 1.165) is 4.88 Å². The molecule has 2 aromatic heterocycles. The first-order valence-corrected chi connectivity index (χ1v) is 7.07. The van der Waals surface area contributed by atoms with Crippen LogP contribution in [0.25, 0.3) is 10.6 Å². The third-order valence-corrected chi connectivity index (χ3v) is 4.05. The molecule has 6 nitrogen and oxygen atoms in total. The van der Waals surface area contributed by atoms with E-state index in [1.54, 1.807) is 6.92 Å². The molecular weight excluding hydrogens is 280 g/mol. The van der Waals surface area contributed by atoms with E-state index < -0.39 is 11.4 Å². The molecule has 108 valence electrons. The summed E-state index contributed by atoms with van der Waals surface area (Å²) >= 11 is 1.48. The number of hydrogen-bond donors (Lipinski definition) is 3. The molecule has 0 bridgehead atoms. The minimum atomic E-state index is -1.04. The predicted molar refractivity (Wildman–Crippen MR) is 74.5 cm³/mol. The lowest BCUT2D eigenvalue weighted by Crippen LogP contribution is -2.53. The molecule has 0 aliphatic carbocycles. The lowest BCUT2D eigenvalue weighted by atomic mass is 9.98. The third kappa shape index (κ3) is 2.90. The lowest BCUT2D eigenvalue weighted by Gasteiger charge is -2.29. The molecule has 0 unspecified atom stereocenters. The van der Waals surface area contributed by atoms with Gasteiger partial charge < -0.3 is 20.1 Å². The quantitative estimate of drug-likeness (QED) is 0.746. The van der Waals surface area contributed by atoms with E-state index in [1.165, 1.54) is 17.4 Å². The van der Waals surface area contributed by atoms with Gasteiger partial charge in [-0.2, -0.15) is 0 Å². The van der Waals surface area contributed by atoms with Gasteiger partial charge >= 0.3 is 0 Å². The van der Waals surface area contributed by atoms with E-state index >= 15 is 0 Å². The summed E-state index contributed by atoms with van der Waals surface area (Å²) in [5.41, 5.74) is -0.924. The van der Waals surface area contributed by atoms with Gasteiger partial charge in [-0.15, -0.1) is 11.3 Å². The van der Waals surface area contributed by atoms with Gasteiger partial charge in [-0.3, -0.25) is 4.79 Å². The van der Waals surface area contributed by atoms with Crippen LogP contribution in [-0.2, 0) is 0 Å². The molecule has 0 saturated carbocycles. The molecule has 0 aliphatic rings. The fourth-order valence-electron chi connectivity index (χ4n) is 1.66. The SMILES string of the molecule is CCC(CO)(CO)NC(=O)c1cc(-c2cccs2)on1. The summed E-state index contributed by atoms with van der Waals surface area (Å²) < 4.78 is 5.12. The van der Waals surface area contributed by atoms with Crippen molar-refractivity contribution in [3.8, 4) is 10.6 Å². The maximum atomic E-state index is 12.1. The van der Waals surface area contributed by atoms with Gasteiger partial charge in [0, 0.05) is 6.07 Å². The molecule has 1 amide bonds. The van der Waals surface area contributed by atoms with E-state index in [9.17, 15) is 15.0 Å². The molecule has 0 spiro atoms. The van der Waals surface area contributed by atoms with Gasteiger partial charge in [0.1, 0.15) is 0 Å². The number of carbonyl (C=O) groups excluding carboxylic acids is 1. The van der Waals surface area contributed by atoms with Gasteiger partial charge in [-0.05, 0) is 17.9 Å². The number of hydrogen-bond acceptors (Lipinski definition) is 6. The summed E-state index contributed by atoms with van der Waals surface area (Å²) in [6, 6.07) is 5.28. The van der Waals surface area contributed by atoms with Crippen LogP contribution in [-0.4, -0.2) is 40.0 Å². The molecule has 0 saturated heterocycles. The molecule has 0 fully saturated rings. The topological polar surface area (TPSA) is 95.6 Å². The summed E-state index contributed by atoms with van der Waals surface area (Å²) in [7, 11) is 0. The average molecular weight is 296 g/mol. The molecule has 2 heterocycles. The molecule has 0 aromatic carbocycles. The molecule has 7 heteroatoms. The highest BCUT2D eigenvalue weighted by Crippen LogP contribution is 2.25. The first-order chi connectivity index (χ1) is 9.64. The van der Waals surface area contributed by atoms with Crippen molar-refractivity contribution in [3.63, 3.8) is 0 Å². The summed E-state index contributed by atoms with van der Waals surface area (Å²) in [5.74, 6) is 0.0294. The average Bonchev–Trinajstić information content (AvgIpc) is 3.14. The van der Waals surface area contributed by atoms with E-state index in [4.69, 9.17) is 4.52 Å². The van der Waals surface area contributed by atoms with Crippen LogP contribution in [0.3, 0.4) is 0 Å². The number of thiophene rings is 1. The van der Waals surface area contributed by atoms with Crippen LogP contribution in [0.5, 0.6) is 0 Å². The Bertz CT molecular complexity index is 552. The second-order valence-corrected chi connectivity index (χ2v) is 5.41. The molecule has 2 rings (SSSR count). The second kappa shape index (κ2) is 6.17. The van der Waals surface area contributed by atoms with Crippen LogP contribution >= 0.6 is 11.3 Å². The van der Waals surface area contributed by atoms with E-state index in [0.29, 0.717) is 12.2 Å². The predicted octanol–water partition coefficient (Wildman–Crippen LogP) is 1.27. The Morgan fingerprint density at radius 2 is 2.25 bits per heavy atom. The molecule has 0 radical (unpaired) electrons. The Balaban J connectivity index is 2.14. The first kappa shape index (κ1) is 14.7. The van der Waals surface area contributed by atoms with Crippen molar-refractivity contribution >= 4 is 17.2 Å². The third-order valence-electron chi connectivity index (χ3n) is 3.17. The number of amides is 1. The summed E-state index contributed by atoms with van der Waals surface area (Å²) in [6.45, 7) is 1.08. The molecule has 0 atom stereocenters. The van der Waals surface area contributed by atoms with E-state index in [-0.39, 0.29) is 18.9 Å². The highest BCUT2D eigenvalue weighted by atomic mass is 32.1. The molecular formula is C13H16N2O4S. The highest BCUT2D eigenvalue weighted by Gasteiger charge is 2.30. The first-order valence-electron chi connectivity index (χ1n) is 6.19. The fraction of sp³-hybridized carbons (Fsp3) is 0.385. The maximum absolute atomic E-state index is 12.1. The van der Waals surface area contributed by atoms with E-state index in [2.05, 4.69) is 10.5 Å². The van der Waals surface area contributed by atoms with Crippen molar-refractivity contribution in [1.29, 1.82) is 0 Å². The standard InChI is InChI=1S/C13H16N2O4S/c1-2-13(7-16,8-17)14-12(18)9-6-10(19-15-9)11-4-3-5-20-11/h3-6,16-17H,2,7-8H2,1H3,(H,14,18). The fourth-order valence-corrected chi connectivity index (χ4v) is 2.34. The van der Waals surface area contributed by atoms with Gasteiger partial charge in [0.15, 0.2) is 11.5 Å². The van der Waals surface area contributed by atoms with Crippen molar-refractivity contribution in [2.45, 2.75) is 18.9 Å². The van der Waals surface area contributed by atoms with Gasteiger partial charge in [0.05, 0.1) is 23.6 Å². The number of nitrogens with zero attached hydrogens (tertiary/aromatic N) is 1. The summed E-state index contributed by atoms with van der Waals surface area (Å²) in [4.78, 5) is 12.9. The Morgan fingerprint density at radius 1 is 1.50 bits per heavy atom. The van der Waals surface area contributed by atoms with Gasteiger partial charge in [0.2, 0.25) is 0 Å². The zero-order chi connectivity index (χ0) is 14.6. The van der Waals surface area contributed by atoms with Crippen LogP contribution in [0.4, 0.5) is 0 Å². The number of rotatable bonds is 6. The van der Waals surface area contributed by atoms with E-state index in [1.807, 2.05) is 17.5 Å². The van der Waals surface area contributed by atoms with Crippen molar-refractivity contribution in [2.24, 2.45) is 0 Å². The monoisotopic (exact) mass is 296 g/mol. The Morgan fingerprint density at radius 3 is 2.80 bits per heavy atom. The molecule has 2 aromatic rings. The summed E-state index contributed by atoms with van der Waals surface area (Å²) in [5, 5.41) is 26.8. The summed E-state index contributed by atoms with van der Waals surface area (Å²) in [6.07, 6.45) is 0.404. The van der Waals surface area contributed by atoms with Crippen LogP contribution in [0, 0.1) is 0 Å².